The molecule has 12 heteroatoms. The number of pyridine rings is 1. The molecule has 0 spiro atoms. The fraction of sp³-hybridized carbons (Fsp3) is 0.286. The highest BCUT2D eigenvalue weighted by molar-refractivity contribution is 7.99. The number of para-hydroxylation sites is 1. The minimum absolute atomic E-state index is 0.162. The molecule has 0 unspecified atom stereocenters. The predicted octanol–water partition coefficient (Wildman–Crippen LogP) is 6.76. The van der Waals surface area contributed by atoms with Crippen molar-refractivity contribution in [3.63, 3.8) is 0 Å². The molecule has 5 nitrogen and oxygen atoms in total. The lowest BCUT2D eigenvalue weighted by molar-refractivity contribution is -0.163. The maximum Gasteiger partial charge on any atom is 0.418 e. The third kappa shape index (κ3) is 7.57. The van der Waals surface area contributed by atoms with Crippen LogP contribution < -0.4 is 4.74 Å². The SMILES string of the molecule is O=C(/C=C/c1ccc(Sc2ccccc2OCCc2ccccn2)c(C(F)(F)F)c1C(F)(F)F)N1CCOCC1. The van der Waals surface area contributed by atoms with E-state index in [1.807, 2.05) is 0 Å². The van der Waals surface area contributed by atoms with E-state index >= 15 is 0 Å². The molecule has 4 rings (SSSR count). The minimum Gasteiger partial charge on any atom is -0.492 e. The number of benzene rings is 2. The van der Waals surface area contributed by atoms with Crippen LogP contribution in [-0.4, -0.2) is 48.7 Å². The highest BCUT2D eigenvalue weighted by Gasteiger charge is 2.46. The second-order valence-electron chi connectivity index (χ2n) is 8.64. The van der Waals surface area contributed by atoms with Crippen molar-refractivity contribution in [3.8, 4) is 5.75 Å². The second kappa shape index (κ2) is 12.8. The minimum atomic E-state index is -5.35. The van der Waals surface area contributed by atoms with Crippen LogP contribution in [-0.2, 0) is 28.3 Å². The number of ether oxygens (including phenoxy) is 2. The number of nitrogens with zero attached hydrogens (tertiary/aromatic N) is 2. The van der Waals surface area contributed by atoms with E-state index < -0.39 is 39.8 Å². The quantitative estimate of drug-likeness (QED) is 0.217. The molecule has 1 aliphatic heterocycles. The lowest BCUT2D eigenvalue weighted by atomic mass is 9.99. The molecule has 2 heterocycles. The first-order valence-corrected chi connectivity index (χ1v) is 13.0. The Morgan fingerprint density at radius 1 is 0.925 bits per heavy atom. The monoisotopic (exact) mass is 582 g/mol. The van der Waals surface area contributed by atoms with E-state index in [9.17, 15) is 31.1 Å². The largest absolute Gasteiger partial charge is 0.492 e. The number of halogens is 6. The van der Waals surface area contributed by atoms with Crippen molar-refractivity contribution in [3.05, 3.63) is 89.3 Å². The number of alkyl halides is 6. The molecule has 0 saturated carbocycles. The number of hydrogen-bond donors (Lipinski definition) is 0. The van der Waals surface area contributed by atoms with Gasteiger partial charge in [-0.15, -0.1) is 0 Å². The normalized spacial score (nSPS) is 14.5. The Labute approximate surface area is 230 Å². The molecule has 0 bridgehead atoms. The lowest BCUT2D eigenvalue weighted by Crippen LogP contribution is -2.39. The molecular weight excluding hydrogens is 558 g/mol. The molecule has 1 aromatic heterocycles. The van der Waals surface area contributed by atoms with Crippen LogP contribution in [0.1, 0.15) is 22.4 Å². The Bertz CT molecular complexity index is 1340. The third-order valence-electron chi connectivity index (χ3n) is 5.91. The van der Waals surface area contributed by atoms with Crippen LogP contribution in [0.25, 0.3) is 6.08 Å². The molecular formula is C28H24F6N2O3S. The van der Waals surface area contributed by atoms with Crippen LogP contribution >= 0.6 is 11.8 Å². The van der Waals surface area contributed by atoms with Gasteiger partial charge in [-0.3, -0.25) is 9.78 Å². The highest BCUT2D eigenvalue weighted by atomic mass is 32.2. The second-order valence-corrected chi connectivity index (χ2v) is 9.72. The number of carbonyl (C=O) groups is 1. The van der Waals surface area contributed by atoms with Gasteiger partial charge >= 0.3 is 12.4 Å². The Morgan fingerprint density at radius 3 is 2.30 bits per heavy atom. The van der Waals surface area contributed by atoms with Crippen molar-refractivity contribution in [1.29, 1.82) is 0 Å². The van der Waals surface area contributed by atoms with E-state index in [0.29, 0.717) is 18.2 Å². The van der Waals surface area contributed by atoms with Gasteiger partial charge in [0.05, 0.1) is 35.8 Å². The number of morpholine rings is 1. The third-order valence-corrected chi connectivity index (χ3v) is 7.02. The van der Waals surface area contributed by atoms with Crippen LogP contribution in [0.5, 0.6) is 5.75 Å². The summed E-state index contributed by atoms with van der Waals surface area (Å²) in [4.78, 5) is 17.5. The standard InChI is InChI=1S/C28H24F6N2O3S/c29-27(30,31)25-19(9-11-24(37)36-14-17-38-18-15-36)8-10-23(26(25)28(32,33)34)40-22-7-2-1-6-21(22)39-16-12-20-5-3-4-13-35-20/h1-11,13H,12,14-18H2/b11-9+. The maximum absolute atomic E-state index is 14.2. The van der Waals surface area contributed by atoms with Gasteiger partial charge in [-0.05, 0) is 42.0 Å². The first kappa shape index (κ1) is 29.5. The summed E-state index contributed by atoms with van der Waals surface area (Å²) in [6, 6.07) is 13.5. The molecule has 0 radical (unpaired) electrons. The van der Waals surface area contributed by atoms with Crippen molar-refractivity contribution < 1.29 is 40.6 Å². The highest BCUT2D eigenvalue weighted by Crippen LogP contribution is 2.49. The average molecular weight is 583 g/mol. The van der Waals surface area contributed by atoms with E-state index in [0.717, 1.165) is 30.0 Å². The topological polar surface area (TPSA) is 51.7 Å². The molecule has 0 aliphatic carbocycles. The predicted molar refractivity (Wildman–Crippen MR) is 137 cm³/mol. The Balaban J connectivity index is 1.65. The summed E-state index contributed by atoms with van der Waals surface area (Å²) in [5.41, 5.74) is -3.69. The molecule has 1 amide bonds. The number of rotatable bonds is 8. The van der Waals surface area contributed by atoms with Gasteiger partial charge in [0.2, 0.25) is 5.91 Å². The summed E-state index contributed by atoms with van der Waals surface area (Å²) >= 11 is 0.526. The zero-order valence-corrected chi connectivity index (χ0v) is 21.8. The summed E-state index contributed by atoms with van der Waals surface area (Å²) in [6.45, 7) is 1.18. The number of carbonyl (C=O) groups excluding carboxylic acids is 1. The van der Waals surface area contributed by atoms with E-state index in [4.69, 9.17) is 9.47 Å². The number of aromatic nitrogens is 1. The van der Waals surface area contributed by atoms with Crippen LogP contribution in [0, 0.1) is 0 Å². The number of hydrogen-bond acceptors (Lipinski definition) is 5. The van der Waals surface area contributed by atoms with Crippen LogP contribution in [0.2, 0.25) is 0 Å². The fourth-order valence-corrected chi connectivity index (χ4v) is 5.11. The maximum atomic E-state index is 14.2. The first-order valence-electron chi connectivity index (χ1n) is 12.2. The Morgan fingerprint density at radius 2 is 1.62 bits per heavy atom. The van der Waals surface area contributed by atoms with Crippen molar-refractivity contribution in [1.82, 2.24) is 9.88 Å². The van der Waals surface area contributed by atoms with E-state index in [-0.39, 0.29) is 43.6 Å². The molecule has 1 fully saturated rings. The lowest BCUT2D eigenvalue weighted by Gasteiger charge is -2.25. The molecule has 3 aromatic rings. The fourth-order valence-electron chi connectivity index (χ4n) is 4.04. The summed E-state index contributed by atoms with van der Waals surface area (Å²) < 4.78 is 96.1. The summed E-state index contributed by atoms with van der Waals surface area (Å²) in [6.07, 6.45) is -7.00. The van der Waals surface area contributed by atoms with Gasteiger partial charge in [0.1, 0.15) is 5.75 Å². The van der Waals surface area contributed by atoms with Gasteiger partial charge < -0.3 is 14.4 Å². The van der Waals surface area contributed by atoms with Gasteiger partial charge in [-0.25, -0.2) is 0 Å². The molecule has 1 aliphatic rings. The van der Waals surface area contributed by atoms with Crippen LogP contribution in [0.15, 0.2) is 76.7 Å². The molecule has 0 N–H and O–H groups in total. The first-order chi connectivity index (χ1) is 19.0. The van der Waals surface area contributed by atoms with Gasteiger partial charge in [-0.1, -0.05) is 36.0 Å². The molecule has 2 aromatic carbocycles. The Hall–Kier alpha value is -3.51. The zero-order chi connectivity index (χ0) is 28.8. The summed E-state index contributed by atoms with van der Waals surface area (Å²) in [5.74, 6) is -0.384. The molecule has 212 valence electrons. The van der Waals surface area contributed by atoms with Crippen LogP contribution in [0.3, 0.4) is 0 Å². The smallest absolute Gasteiger partial charge is 0.418 e. The summed E-state index contributed by atoms with van der Waals surface area (Å²) in [7, 11) is 0. The molecule has 40 heavy (non-hydrogen) atoms. The van der Waals surface area contributed by atoms with Gasteiger partial charge in [0, 0.05) is 42.4 Å². The van der Waals surface area contributed by atoms with Crippen molar-refractivity contribution in [2.75, 3.05) is 32.9 Å². The van der Waals surface area contributed by atoms with Crippen molar-refractivity contribution in [2.24, 2.45) is 0 Å². The van der Waals surface area contributed by atoms with E-state index in [1.165, 1.54) is 17.0 Å². The molecule has 0 atom stereocenters. The average Bonchev–Trinajstić information content (AvgIpc) is 2.92. The van der Waals surface area contributed by atoms with Crippen LogP contribution in [0.4, 0.5) is 26.3 Å². The van der Waals surface area contributed by atoms with Gasteiger partial charge in [0.15, 0.2) is 0 Å². The molecule has 1 saturated heterocycles. The number of amides is 1. The zero-order valence-electron chi connectivity index (χ0n) is 21.0. The van der Waals surface area contributed by atoms with E-state index in [2.05, 4.69) is 4.98 Å². The van der Waals surface area contributed by atoms with Crippen molar-refractivity contribution in [2.45, 2.75) is 28.6 Å². The van der Waals surface area contributed by atoms with Gasteiger partial charge in [0.25, 0.3) is 0 Å². The Kier molecular flexibility index (Phi) is 9.41. The summed E-state index contributed by atoms with van der Waals surface area (Å²) in [5, 5.41) is 0. The van der Waals surface area contributed by atoms with E-state index in [1.54, 1.807) is 36.5 Å². The van der Waals surface area contributed by atoms with Gasteiger partial charge in [-0.2, -0.15) is 26.3 Å². The van der Waals surface area contributed by atoms with Crippen molar-refractivity contribution >= 4 is 23.7 Å².